The monoisotopic (exact) mass is 291 g/mol. The standard InChI is InChI=1S/C12H10BrN3O/c13-9-3-8(5-15-6-9)4-12(17)11-2-1-10(14)7-16-11/h1-3,5-7H,4,14H2. The van der Waals surface area contributed by atoms with Gasteiger partial charge >= 0.3 is 0 Å². The van der Waals surface area contributed by atoms with E-state index in [9.17, 15) is 4.79 Å². The number of nitrogen functional groups attached to an aromatic ring is 1. The Labute approximate surface area is 107 Å². The Morgan fingerprint density at radius 1 is 1.29 bits per heavy atom. The Morgan fingerprint density at radius 2 is 2.12 bits per heavy atom. The van der Waals surface area contributed by atoms with Crippen LogP contribution in [0.15, 0.2) is 41.3 Å². The smallest absolute Gasteiger partial charge is 0.185 e. The maximum Gasteiger partial charge on any atom is 0.185 e. The van der Waals surface area contributed by atoms with Crippen molar-refractivity contribution >= 4 is 27.4 Å². The van der Waals surface area contributed by atoms with E-state index in [1.807, 2.05) is 6.07 Å². The molecule has 5 heteroatoms. The lowest BCUT2D eigenvalue weighted by Crippen LogP contribution is -2.06. The third-order valence-electron chi connectivity index (χ3n) is 2.20. The summed E-state index contributed by atoms with van der Waals surface area (Å²) < 4.78 is 0.855. The first kappa shape index (κ1) is 11.7. The Bertz CT molecular complexity index is 540. The van der Waals surface area contributed by atoms with Crippen LogP contribution in [0, 0.1) is 0 Å². The molecule has 0 bridgehead atoms. The molecule has 0 saturated carbocycles. The highest BCUT2D eigenvalue weighted by atomic mass is 79.9. The SMILES string of the molecule is Nc1ccc(C(=O)Cc2cncc(Br)c2)nc1. The molecule has 0 aromatic carbocycles. The number of carbonyl (C=O) groups is 1. The molecular formula is C12H10BrN3O. The predicted molar refractivity (Wildman–Crippen MR) is 68.6 cm³/mol. The first-order valence-corrected chi connectivity index (χ1v) is 5.78. The highest BCUT2D eigenvalue weighted by Crippen LogP contribution is 2.12. The minimum Gasteiger partial charge on any atom is -0.397 e. The van der Waals surface area contributed by atoms with Crippen molar-refractivity contribution in [1.29, 1.82) is 0 Å². The van der Waals surface area contributed by atoms with Gasteiger partial charge in [-0.25, -0.2) is 0 Å². The molecule has 2 N–H and O–H groups in total. The van der Waals surface area contributed by atoms with Crippen LogP contribution in [-0.2, 0) is 6.42 Å². The van der Waals surface area contributed by atoms with Gasteiger partial charge < -0.3 is 5.73 Å². The molecule has 2 heterocycles. The minimum atomic E-state index is -0.0510. The second kappa shape index (κ2) is 5.05. The van der Waals surface area contributed by atoms with E-state index in [2.05, 4.69) is 25.9 Å². The van der Waals surface area contributed by atoms with Gasteiger partial charge in [0.2, 0.25) is 0 Å². The first-order valence-electron chi connectivity index (χ1n) is 4.99. The molecule has 2 aromatic heterocycles. The number of hydrogen-bond donors (Lipinski definition) is 1. The molecular weight excluding hydrogens is 282 g/mol. The van der Waals surface area contributed by atoms with Crippen LogP contribution < -0.4 is 5.73 Å². The Hall–Kier alpha value is -1.75. The quantitative estimate of drug-likeness (QED) is 0.881. The van der Waals surface area contributed by atoms with Crippen molar-refractivity contribution in [3.63, 3.8) is 0 Å². The van der Waals surface area contributed by atoms with Gasteiger partial charge in [0, 0.05) is 23.3 Å². The summed E-state index contributed by atoms with van der Waals surface area (Å²) in [7, 11) is 0. The van der Waals surface area contributed by atoms with Crippen LogP contribution >= 0.6 is 15.9 Å². The number of anilines is 1. The van der Waals surface area contributed by atoms with E-state index in [1.54, 1.807) is 24.5 Å². The van der Waals surface area contributed by atoms with Crippen LogP contribution in [0.1, 0.15) is 16.1 Å². The van der Waals surface area contributed by atoms with Gasteiger partial charge in [-0.3, -0.25) is 14.8 Å². The van der Waals surface area contributed by atoms with E-state index >= 15 is 0 Å². The fraction of sp³-hybridized carbons (Fsp3) is 0.0833. The minimum absolute atomic E-state index is 0.0510. The molecule has 2 aromatic rings. The number of pyridine rings is 2. The number of hydrogen-bond acceptors (Lipinski definition) is 4. The molecule has 17 heavy (non-hydrogen) atoms. The van der Waals surface area contributed by atoms with Crippen molar-refractivity contribution in [2.75, 3.05) is 5.73 Å². The summed E-state index contributed by atoms with van der Waals surface area (Å²) >= 11 is 3.31. The van der Waals surface area contributed by atoms with E-state index in [-0.39, 0.29) is 12.2 Å². The van der Waals surface area contributed by atoms with E-state index in [1.165, 1.54) is 6.20 Å². The lowest BCUT2D eigenvalue weighted by atomic mass is 10.1. The van der Waals surface area contributed by atoms with Crippen LogP contribution in [0.25, 0.3) is 0 Å². The van der Waals surface area contributed by atoms with Gasteiger partial charge in [0.25, 0.3) is 0 Å². The number of carbonyl (C=O) groups excluding carboxylic acids is 1. The van der Waals surface area contributed by atoms with E-state index in [0.29, 0.717) is 11.4 Å². The summed E-state index contributed by atoms with van der Waals surface area (Å²) in [6.45, 7) is 0. The van der Waals surface area contributed by atoms with Crippen LogP contribution in [0.3, 0.4) is 0 Å². The predicted octanol–water partition coefficient (Wildman–Crippen LogP) is 2.25. The van der Waals surface area contributed by atoms with Crippen LogP contribution in [0.4, 0.5) is 5.69 Å². The van der Waals surface area contributed by atoms with Crippen LogP contribution in [0.2, 0.25) is 0 Å². The highest BCUT2D eigenvalue weighted by Gasteiger charge is 2.08. The molecule has 0 saturated heterocycles. The summed E-state index contributed by atoms with van der Waals surface area (Å²) in [5.74, 6) is -0.0510. The zero-order chi connectivity index (χ0) is 12.3. The van der Waals surface area contributed by atoms with Gasteiger partial charge in [-0.1, -0.05) is 0 Å². The topological polar surface area (TPSA) is 68.9 Å². The van der Waals surface area contributed by atoms with Gasteiger partial charge in [0.15, 0.2) is 5.78 Å². The largest absolute Gasteiger partial charge is 0.397 e. The fourth-order valence-corrected chi connectivity index (χ4v) is 1.81. The van der Waals surface area contributed by atoms with Crippen molar-refractivity contribution in [3.8, 4) is 0 Å². The molecule has 0 amide bonds. The van der Waals surface area contributed by atoms with Gasteiger partial charge in [0.05, 0.1) is 11.9 Å². The summed E-state index contributed by atoms with van der Waals surface area (Å²) in [5, 5.41) is 0. The molecule has 0 fully saturated rings. The summed E-state index contributed by atoms with van der Waals surface area (Å²) in [5.41, 5.74) is 7.32. The molecule has 86 valence electrons. The van der Waals surface area contributed by atoms with Gasteiger partial charge in [0.1, 0.15) is 5.69 Å². The average Bonchev–Trinajstić information content (AvgIpc) is 2.29. The summed E-state index contributed by atoms with van der Waals surface area (Å²) in [4.78, 5) is 19.9. The molecule has 4 nitrogen and oxygen atoms in total. The molecule has 0 radical (unpaired) electrons. The van der Waals surface area contributed by atoms with E-state index in [0.717, 1.165) is 10.0 Å². The average molecular weight is 292 g/mol. The zero-order valence-electron chi connectivity index (χ0n) is 8.93. The number of nitrogens with zero attached hydrogens (tertiary/aromatic N) is 2. The van der Waals surface area contributed by atoms with Crippen molar-refractivity contribution in [3.05, 3.63) is 52.5 Å². The first-order chi connectivity index (χ1) is 8.15. The number of nitrogens with two attached hydrogens (primary N) is 1. The Morgan fingerprint density at radius 3 is 2.76 bits per heavy atom. The molecule has 0 unspecified atom stereocenters. The third kappa shape index (κ3) is 3.10. The van der Waals surface area contributed by atoms with Gasteiger partial charge in [-0.15, -0.1) is 0 Å². The van der Waals surface area contributed by atoms with E-state index < -0.39 is 0 Å². The van der Waals surface area contributed by atoms with Gasteiger partial charge in [-0.05, 0) is 39.7 Å². The molecule has 2 rings (SSSR count). The highest BCUT2D eigenvalue weighted by molar-refractivity contribution is 9.10. The van der Waals surface area contributed by atoms with Gasteiger partial charge in [-0.2, -0.15) is 0 Å². The summed E-state index contributed by atoms with van der Waals surface area (Å²) in [6.07, 6.45) is 5.10. The van der Waals surface area contributed by atoms with Crippen LogP contribution in [0.5, 0.6) is 0 Å². The number of Topliss-reactive ketones (excluding diaryl/α,β-unsaturated/α-hetero) is 1. The number of aromatic nitrogens is 2. The lowest BCUT2D eigenvalue weighted by Gasteiger charge is -2.01. The lowest BCUT2D eigenvalue weighted by molar-refractivity contribution is 0.0988. The third-order valence-corrected chi connectivity index (χ3v) is 2.63. The van der Waals surface area contributed by atoms with Crippen molar-refractivity contribution in [1.82, 2.24) is 9.97 Å². The number of halogens is 1. The second-order valence-corrected chi connectivity index (χ2v) is 4.50. The Kier molecular flexibility index (Phi) is 3.49. The van der Waals surface area contributed by atoms with E-state index in [4.69, 9.17) is 5.73 Å². The van der Waals surface area contributed by atoms with Crippen molar-refractivity contribution in [2.45, 2.75) is 6.42 Å². The maximum absolute atomic E-state index is 11.9. The normalized spacial score (nSPS) is 10.2. The van der Waals surface area contributed by atoms with Crippen LogP contribution in [-0.4, -0.2) is 15.8 Å². The summed E-state index contributed by atoms with van der Waals surface area (Å²) in [6, 6.07) is 5.16. The molecule has 0 aliphatic heterocycles. The second-order valence-electron chi connectivity index (χ2n) is 3.59. The zero-order valence-corrected chi connectivity index (χ0v) is 10.5. The Balaban J connectivity index is 2.14. The fourth-order valence-electron chi connectivity index (χ4n) is 1.40. The molecule has 0 spiro atoms. The molecule has 0 aliphatic carbocycles. The molecule has 0 atom stereocenters. The van der Waals surface area contributed by atoms with Crippen molar-refractivity contribution < 1.29 is 4.79 Å². The van der Waals surface area contributed by atoms with Crippen molar-refractivity contribution in [2.24, 2.45) is 0 Å². The number of rotatable bonds is 3. The number of ketones is 1. The maximum atomic E-state index is 11.9. The molecule has 0 aliphatic rings.